The van der Waals surface area contributed by atoms with Gasteiger partial charge in [-0.15, -0.1) is 0 Å². The monoisotopic (exact) mass is 452 g/mol. The Morgan fingerprint density at radius 3 is 2.78 bits per heavy atom. The molecule has 1 saturated carbocycles. The van der Waals surface area contributed by atoms with Gasteiger partial charge in [0, 0.05) is 37.4 Å². The van der Waals surface area contributed by atoms with Gasteiger partial charge in [0.15, 0.2) is 0 Å². The van der Waals surface area contributed by atoms with Crippen LogP contribution in [0.3, 0.4) is 0 Å². The Bertz CT molecular complexity index is 792. The highest BCUT2D eigenvalue weighted by molar-refractivity contribution is 5.82. The maximum atomic E-state index is 13.3. The number of aromatic nitrogens is 1. The molecule has 2 N–H and O–H groups in total. The zero-order valence-electron chi connectivity index (χ0n) is 18.9. The van der Waals surface area contributed by atoms with Gasteiger partial charge in [0.2, 0.25) is 5.88 Å². The van der Waals surface area contributed by atoms with Crippen molar-refractivity contribution >= 4 is 12.0 Å². The SMILES string of the molecule is COC(=O)NCCCc1cc([C@@H](C)N(C(=O)[C@H]2CNC[C@@H](CF)O2)C2CC2)cc(OC)n1. The Morgan fingerprint density at radius 2 is 2.12 bits per heavy atom. The van der Waals surface area contributed by atoms with E-state index >= 15 is 0 Å². The van der Waals surface area contributed by atoms with Gasteiger partial charge in [0.05, 0.1) is 26.4 Å². The first-order chi connectivity index (χ1) is 15.5. The highest BCUT2D eigenvalue weighted by Crippen LogP contribution is 2.36. The van der Waals surface area contributed by atoms with Gasteiger partial charge < -0.3 is 29.7 Å². The molecule has 0 radical (unpaired) electrons. The van der Waals surface area contributed by atoms with Crippen LogP contribution in [0.15, 0.2) is 12.1 Å². The molecular formula is C22H33FN4O5. The minimum absolute atomic E-state index is 0.120. The van der Waals surface area contributed by atoms with Crippen molar-refractivity contribution in [2.45, 2.75) is 56.9 Å². The molecule has 1 aromatic rings. The molecule has 2 aliphatic rings. The second-order valence-corrected chi connectivity index (χ2v) is 8.17. The molecule has 2 heterocycles. The van der Waals surface area contributed by atoms with Crippen molar-refractivity contribution in [2.75, 3.05) is 40.5 Å². The Kier molecular flexibility index (Phi) is 8.63. The first kappa shape index (κ1) is 24.2. The summed E-state index contributed by atoms with van der Waals surface area (Å²) in [6.45, 7) is 2.62. The quantitative estimate of drug-likeness (QED) is 0.522. The number of carbonyl (C=O) groups is 2. The average molecular weight is 453 g/mol. The predicted octanol–water partition coefficient (Wildman–Crippen LogP) is 1.76. The van der Waals surface area contributed by atoms with E-state index in [0.717, 1.165) is 24.1 Å². The number of halogens is 1. The molecule has 9 nitrogen and oxygen atoms in total. The molecule has 0 unspecified atom stereocenters. The van der Waals surface area contributed by atoms with Gasteiger partial charge in [-0.3, -0.25) is 4.79 Å². The molecule has 1 saturated heterocycles. The van der Waals surface area contributed by atoms with Crippen LogP contribution in [0.4, 0.5) is 9.18 Å². The second-order valence-electron chi connectivity index (χ2n) is 8.17. The number of aryl methyl sites for hydroxylation is 1. The van der Waals surface area contributed by atoms with Crippen molar-refractivity contribution in [1.29, 1.82) is 0 Å². The summed E-state index contributed by atoms with van der Waals surface area (Å²) in [5.41, 5.74) is 1.73. The maximum Gasteiger partial charge on any atom is 0.406 e. The lowest BCUT2D eigenvalue weighted by Gasteiger charge is -2.36. The number of hydrogen-bond acceptors (Lipinski definition) is 7. The highest BCUT2D eigenvalue weighted by Gasteiger charge is 2.41. The van der Waals surface area contributed by atoms with Crippen LogP contribution in [0.5, 0.6) is 5.88 Å². The maximum absolute atomic E-state index is 13.3. The summed E-state index contributed by atoms with van der Waals surface area (Å²) in [6.07, 6.45) is 1.44. The fourth-order valence-electron chi connectivity index (χ4n) is 3.90. The molecule has 32 heavy (non-hydrogen) atoms. The molecule has 178 valence electrons. The third-order valence-corrected chi connectivity index (χ3v) is 5.75. The van der Waals surface area contributed by atoms with Crippen LogP contribution in [0.25, 0.3) is 0 Å². The number of nitrogens with zero attached hydrogens (tertiary/aromatic N) is 2. The lowest BCUT2D eigenvalue weighted by atomic mass is 10.0. The summed E-state index contributed by atoms with van der Waals surface area (Å²) >= 11 is 0. The first-order valence-electron chi connectivity index (χ1n) is 11.1. The minimum Gasteiger partial charge on any atom is -0.481 e. The Balaban J connectivity index is 1.72. The van der Waals surface area contributed by atoms with Crippen LogP contribution >= 0.6 is 0 Å². The van der Waals surface area contributed by atoms with Crippen LogP contribution in [0.2, 0.25) is 0 Å². The Morgan fingerprint density at radius 1 is 1.34 bits per heavy atom. The fourth-order valence-corrected chi connectivity index (χ4v) is 3.90. The third kappa shape index (κ3) is 6.29. The molecule has 1 aromatic heterocycles. The standard InChI is InChI=1S/C22H33FN4O5/c1-14(27(17-6-7-17)21(28)19-13-24-12-18(11-23)32-19)15-9-16(26-20(10-15)30-2)5-4-8-25-22(29)31-3/h9-10,14,17-19,24H,4-8,11-13H2,1-3H3,(H,25,29)/t14-,18-,19-/m1/s1. The number of alkyl halides is 1. The van der Waals surface area contributed by atoms with E-state index in [1.54, 1.807) is 7.11 Å². The van der Waals surface area contributed by atoms with Gasteiger partial charge >= 0.3 is 6.09 Å². The third-order valence-electron chi connectivity index (χ3n) is 5.75. The van der Waals surface area contributed by atoms with Gasteiger partial charge in [0.25, 0.3) is 5.91 Å². The van der Waals surface area contributed by atoms with Gasteiger partial charge in [-0.1, -0.05) is 0 Å². The zero-order chi connectivity index (χ0) is 23.1. The summed E-state index contributed by atoms with van der Waals surface area (Å²) in [6, 6.07) is 3.75. The number of nitrogens with one attached hydrogen (secondary N) is 2. The molecule has 10 heteroatoms. The molecule has 3 rings (SSSR count). The molecule has 3 atom stereocenters. The number of hydrogen-bond donors (Lipinski definition) is 2. The Hall–Kier alpha value is -2.46. The van der Waals surface area contributed by atoms with Crippen molar-refractivity contribution < 1.29 is 28.2 Å². The molecule has 0 aromatic carbocycles. The van der Waals surface area contributed by atoms with Crippen LogP contribution in [-0.2, 0) is 20.7 Å². The van der Waals surface area contributed by atoms with E-state index in [-0.39, 0.29) is 18.0 Å². The van der Waals surface area contributed by atoms with E-state index in [1.165, 1.54) is 7.11 Å². The molecule has 0 spiro atoms. The molecular weight excluding hydrogens is 419 g/mol. The van der Waals surface area contributed by atoms with Crippen molar-refractivity contribution in [3.05, 3.63) is 23.4 Å². The van der Waals surface area contributed by atoms with Crippen LogP contribution < -0.4 is 15.4 Å². The van der Waals surface area contributed by atoms with Crippen molar-refractivity contribution in [2.24, 2.45) is 0 Å². The number of methoxy groups -OCH3 is 2. The molecule has 1 aliphatic heterocycles. The van der Waals surface area contributed by atoms with Gasteiger partial charge in [-0.25, -0.2) is 14.2 Å². The number of carbonyl (C=O) groups excluding carboxylic acids is 2. The summed E-state index contributed by atoms with van der Waals surface area (Å²) in [5.74, 6) is 0.354. The zero-order valence-corrected chi connectivity index (χ0v) is 18.9. The number of alkyl carbamates (subject to hydrolysis) is 1. The minimum atomic E-state index is -0.694. The van der Waals surface area contributed by atoms with E-state index < -0.39 is 25.0 Å². The number of ether oxygens (including phenoxy) is 3. The number of rotatable bonds is 10. The fraction of sp³-hybridized carbons (Fsp3) is 0.682. The molecule has 1 aliphatic carbocycles. The van der Waals surface area contributed by atoms with Gasteiger partial charge in [-0.05, 0) is 44.2 Å². The average Bonchev–Trinajstić information content (AvgIpc) is 3.66. The van der Waals surface area contributed by atoms with Crippen molar-refractivity contribution in [3.63, 3.8) is 0 Å². The number of amides is 2. The Labute approximate surface area is 188 Å². The largest absolute Gasteiger partial charge is 0.481 e. The summed E-state index contributed by atoms with van der Waals surface area (Å²) in [7, 11) is 2.88. The van der Waals surface area contributed by atoms with Gasteiger partial charge in [0.1, 0.15) is 12.8 Å². The predicted molar refractivity (Wildman–Crippen MR) is 115 cm³/mol. The highest BCUT2D eigenvalue weighted by atomic mass is 19.1. The van der Waals surface area contributed by atoms with Crippen molar-refractivity contribution in [1.82, 2.24) is 20.5 Å². The van der Waals surface area contributed by atoms with Crippen LogP contribution in [0, 0.1) is 0 Å². The normalized spacial score (nSPS) is 21.5. The van der Waals surface area contributed by atoms with E-state index in [4.69, 9.17) is 9.47 Å². The molecule has 2 amide bonds. The van der Waals surface area contributed by atoms with Crippen LogP contribution in [0.1, 0.15) is 43.5 Å². The van der Waals surface area contributed by atoms with Crippen LogP contribution in [-0.4, -0.2) is 80.7 Å². The van der Waals surface area contributed by atoms with Crippen molar-refractivity contribution in [3.8, 4) is 5.88 Å². The number of morpholine rings is 1. The number of pyridine rings is 1. The molecule has 0 bridgehead atoms. The topological polar surface area (TPSA) is 102 Å². The lowest BCUT2D eigenvalue weighted by molar-refractivity contribution is -0.154. The second kappa shape index (κ2) is 11.4. The van der Waals surface area contributed by atoms with E-state index in [2.05, 4.69) is 20.4 Å². The first-order valence-corrected chi connectivity index (χ1v) is 11.1. The molecule has 2 fully saturated rings. The van der Waals surface area contributed by atoms with E-state index in [1.807, 2.05) is 24.0 Å². The smallest absolute Gasteiger partial charge is 0.406 e. The summed E-state index contributed by atoms with van der Waals surface area (Å²) in [5, 5.41) is 5.75. The summed E-state index contributed by atoms with van der Waals surface area (Å²) in [4.78, 5) is 30.9. The van der Waals surface area contributed by atoms with E-state index in [9.17, 15) is 14.0 Å². The summed E-state index contributed by atoms with van der Waals surface area (Å²) < 4.78 is 28.7. The van der Waals surface area contributed by atoms with Gasteiger partial charge in [-0.2, -0.15) is 0 Å². The lowest BCUT2D eigenvalue weighted by Crippen LogP contribution is -2.54. The van der Waals surface area contributed by atoms with E-state index in [0.29, 0.717) is 38.4 Å².